The zero-order valence-corrected chi connectivity index (χ0v) is 18.6. The van der Waals surface area contributed by atoms with Crippen LogP contribution >= 0.6 is 11.6 Å². The van der Waals surface area contributed by atoms with E-state index >= 15 is 0 Å². The third kappa shape index (κ3) is 6.73. The summed E-state index contributed by atoms with van der Waals surface area (Å²) in [5.41, 5.74) is 2.17. The molecule has 0 heterocycles. The predicted molar refractivity (Wildman–Crippen MR) is 123 cm³/mol. The molecule has 8 heteroatoms. The molecule has 3 aromatic carbocycles. The van der Waals surface area contributed by atoms with Gasteiger partial charge in [0.25, 0.3) is 5.91 Å². The normalized spacial score (nSPS) is 11.0. The van der Waals surface area contributed by atoms with Gasteiger partial charge in [-0.15, -0.1) is 0 Å². The largest absolute Gasteiger partial charge is 0.484 e. The number of sulfonamides is 1. The van der Waals surface area contributed by atoms with Gasteiger partial charge in [-0.3, -0.25) is 9.10 Å². The number of benzene rings is 3. The second-order valence-corrected chi connectivity index (χ2v) is 9.22. The zero-order chi connectivity index (χ0) is 22.3. The minimum Gasteiger partial charge on any atom is -0.484 e. The topological polar surface area (TPSA) is 75.7 Å². The highest BCUT2D eigenvalue weighted by Gasteiger charge is 2.19. The molecule has 1 N–H and O–H groups in total. The molecule has 0 aliphatic carbocycles. The summed E-state index contributed by atoms with van der Waals surface area (Å²) in [4.78, 5) is 12.0. The van der Waals surface area contributed by atoms with Crippen LogP contribution in [0.15, 0.2) is 78.9 Å². The van der Waals surface area contributed by atoms with Crippen molar-refractivity contribution in [3.05, 3.63) is 95.0 Å². The summed E-state index contributed by atoms with van der Waals surface area (Å²) in [6.45, 7) is 0.398. The van der Waals surface area contributed by atoms with Crippen LogP contribution in [-0.2, 0) is 27.9 Å². The van der Waals surface area contributed by atoms with Gasteiger partial charge < -0.3 is 10.1 Å². The van der Waals surface area contributed by atoms with Gasteiger partial charge >= 0.3 is 0 Å². The lowest BCUT2D eigenvalue weighted by Gasteiger charge is -2.23. The number of rotatable bonds is 9. The van der Waals surface area contributed by atoms with E-state index < -0.39 is 10.0 Å². The van der Waals surface area contributed by atoms with Crippen LogP contribution in [-0.4, -0.2) is 27.2 Å². The van der Waals surface area contributed by atoms with E-state index in [1.165, 1.54) is 4.31 Å². The Kier molecular flexibility index (Phi) is 7.55. The van der Waals surface area contributed by atoms with Gasteiger partial charge in [-0.1, -0.05) is 60.1 Å². The van der Waals surface area contributed by atoms with E-state index in [0.717, 1.165) is 11.8 Å². The van der Waals surface area contributed by atoms with Gasteiger partial charge in [-0.25, -0.2) is 8.42 Å². The molecule has 3 aromatic rings. The molecule has 0 radical (unpaired) electrons. The number of hydrogen-bond donors (Lipinski definition) is 1. The first-order valence-electron chi connectivity index (χ1n) is 9.57. The third-order valence-electron chi connectivity index (χ3n) is 4.50. The van der Waals surface area contributed by atoms with Gasteiger partial charge in [0.15, 0.2) is 6.61 Å². The lowest BCUT2D eigenvalue weighted by molar-refractivity contribution is -0.123. The summed E-state index contributed by atoms with van der Waals surface area (Å²) in [6.07, 6.45) is 1.14. The zero-order valence-electron chi connectivity index (χ0n) is 17.0. The summed E-state index contributed by atoms with van der Waals surface area (Å²) in [5, 5.41) is 3.29. The molecule has 3 rings (SSSR count). The maximum absolute atomic E-state index is 12.3. The van der Waals surface area contributed by atoms with Crippen molar-refractivity contribution in [3.8, 4) is 5.75 Å². The molecule has 0 bridgehead atoms. The molecule has 0 aliphatic rings. The first-order chi connectivity index (χ1) is 14.8. The van der Waals surface area contributed by atoms with Crippen molar-refractivity contribution in [1.82, 2.24) is 5.32 Å². The highest BCUT2D eigenvalue weighted by molar-refractivity contribution is 7.92. The molecular weight excluding hydrogens is 436 g/mol. The van der Waals surface area contributed by atoms with Crippen molar-refractivity contribution in [2.45, 2.75) is 13.1 Å². The van der Waals surface area contributed by atoms with Crippen molar-refractivity contribution in [2.24, 2.45) is 0 Å². The first kappa shape index (κ1) is 22.7. The Labute approximate surface area is 187 Å². The fourth-order valence-corrected chi connectivity index (χ4v) is 3.96. The summed E-state index contributed by atoms with van der Waals surface area (Å²) in [5.74, 6) is 0.217. The van der Waals surface area contributed by atoms with E-state index in [1.807, 2.05) is 30.3 Å². The molecule has 0 aromatic heterocycles. The first-order valence-corrected chi connectivity index (χ1v) is 11.8. The molecular formula is C23H23ClN2O4S. The molecule has 0 unspecified atom stereocenters. The van der Waals surface area contributed by atoms with E-state index in [9.17, 15) is 13.2 Å². The van der Waals surface area contributed by atoms with Crippen molar-refractivity contribution in [2.75, 3.05) is 17.2 Å². The van der Waals surface area contributed by atoms with E-state index in [4.69, 9.17) is 16.3 Å². The van der Waals surface area contributed by atoms with Crippen LogP contribution in [0.25, 0.3) is 0 Å². The Bertz CT molecular complexity index is 1120. The maximum Gasteiger partial charge on any atom is 0.258 e. The fraction of sp³-hybridized carbons (Fsp3) is 0.174. The van der Waals surface area contributed by atoms with Crippen LogP contribution < -0.4 is 14.4 Å². The minimum absolute atomic E-state index is 0.112. The number of hydrogen-bond acceptors (Lipinski definition) is 4. The number of carbonyl (C=O) groups is 1. The Hall–Kier alpha value is -3.03. The van der Waals surface area contributed by atoms with Gasteiger partial charge in [-0.05, 0) is 41.5 Å². The second-order valence-electron chi connectivity index (χ2n) is 6.91. The molecule has 0 spiro atoms. The average Bonchev–Trinajstić information content (AvgIpc) is 2.76. The lowest BCUT2D eigenvalue weighted by Crippen LogP contribution is -2.29. The van der Waals surface area contributed by atoms with E-state index in [1.54, 1.807) is 48.5 Å². The third-order valence-corrected chi connectivity index (χ3v) is 6.01. The highest BCUT2D eigenvalue weighted by atomic mass is 35.5. The number of carbonyl (C=O) groups excluding carboxylic acids is 1. The Morgan fingerprint density at radius 2 is 1.61 bits per heavy atom. The van der Waals surface area contributed by atoms with Crippen LogP contribution in [0.5, 0.6) is 5.75 Å². The van der Waals surface area contributed by atoms with Crippen LogP contribution in [0.2, 0.25) is 5.02 Å². The summed E-state index contributed by atoms with van der Waals surface area (Å²) in [7, 11) is -3.54. The van der Waals surface area contributed by atoms with Crippen LogP contribution in [0, 0.1) is 0 Å². The molecule has 1 amide bonds. The molecule has 0 saturated carbocycles. The number of amides is 1. The fourth-order valence-electron chi connectivity index (χ4n) is 2.89. The SMILES string of the molecule is CS(=O)(=O)N(Cc1ccccc1Cl)c1ccc(OCC(=O)NCc2ccccc2)cc1. The summed E-state index contributed by atoms with van der Waals surface area (Å²) >= 11 is 6.19. The summed E-state index contributed by atoms with van der Waals surface area (Å²) in [6, 6.07) is 23.2. The molecule has 0 atom stereocenters. The van der Waals surface area contributed by atoms with Crippen LogP contribution in [0.1, 0.15) is 11.1 Å². The number of nitrogens with zero attached hydrogens (tertiary/aromatic N) is 1. The standard InChI is InChI=1S/C23H23ClN2O4S/c1-31(28,29)26(16-19-9-5-6-10-22(19)24)20-11-13-21(14-12-20)30-17-23(27)25-15-18-7-3-2-4-8-18/h2-14H,15-17H2,1H3,(H,25,27). The van der Waals surface area contributed by atoms with Gasteiger partial charge in [0.1, 0.15) is 5.75 Å². The highest BCUT2D eigenvalue weighted by Crippen LogP contribution is 2.26. The predicted octanol–water partition coefficient (Wildman–Crippen LogP) is 4.00. The van der Waals surface area contributed by atoms with Crippen molar-refractivity contribution < 1.29 is 17.9 Å². The van der Waals surface area contributed by atoms with Crippen molar-refractivity contribution in [1.29, 1.82) is 0 Å². The number of anilines is 1. The number of nitrogens with one attached hydrogen (secondary N) is 1. The van der Waals surface area contributed by atoms with Crippen LogP contribution in [0.3, 0.4) is 0 Å². The number of halogens is 1. The quantitative estimate of drug-likeness (QED) is 0.525. The second kappa shape index (κ2) is 10.3. The molecule has 0 fully saturated rings. The van der Waals surface area contributed by atoms with Gasteiger partial charge in [0.2, 0.25) is 10.0 Å². The number of ether oxygens (including phenoxy) is 1. The van der Waals surface area contributed by atoms with E-state index in [-0.39, 0.29) is 19.1 Å². The van der Waals surface area contributed by atoms with E-state index in [2.05, 4.69) is 5.32 Å². The minimum atomic E-state index is -3.54. The molecule has 0 saturated heterocycles. The van der Waals surface area contributed by atoms with Crippen molar-refractivity contribution >= 4 is 33.2 Å². The smallest absolute Gasteiger partial charge is 0.258 e. The monoisotopic (exact) mass is 458 g/mol. The Morgan fingerprint density at radius 3 is 2.26 bits per heavy atom. The van der Waals surface area contributed by atoms with Gasteiger partial charge in [-0.2, -0.15) is 0 Å². The molecule has 0 aliphatic heterocycles. The maximum atomic E-state index is 12.3. The summed E-state index contributed by atoms with van der Waals surface area (Å²) < 4.78 is 31.5. The molecule has 6 nitrogen and oxygen atoms in total. The lowest BCUT2D eigenvalue weighted by atomic mass is 10.2. The van der Waals surface area contributed by atoms with Crippen LogP contribution in [0.4, 0.5) is 5.69 Å². The Balaban J connectivity index is 1.60. The molecule has 162 valence electrons. The van der Waals surface area contributed by atoms with Gasteiger partial charge in [0, 0.05) is 11.6 Å². The average molecular weight is 459 g/mol. The van der Waals surface area contributed by atoms with E-state index in [0.29, 0.717) is 28.6 Å². The van der Waals surface area contributed by atoms with Gasteiger partial charge in [0.05, 0.1) is 18.5 Å². The molecule has 31 heavy (non-hydrogen) atoms. The Morgan fingerprint density at radius 1 is 0.968 bits per heavy atom. The van der Waals surface area contributed by atoms with Crippen molar-refractivity contribution in [3.63, 3.8) is 0 Å².